The molecule has 160 valence electrons. The van der Waals surface area contributed by atoms with Crippen molar-refractivity contribution in [3.8, 4) is 5.69 Å². The van der Waals surface area contributed by atoms with Gasteiger partial charge in [0.05, 0.1) is 6.54 Å². The summed E-state index contributed by atoms with van der Waals surface area (Å²) in [5.74, 6) is -0.559. The Morgan fingerprint density at radius 2 is 1.58 bits per heavy atom. The van der Waals surface area contributed by atoms with Crippen LogP contribution in [0.1, 0.15) is 33.6 Å². The third-order valence-electron chi connectivity index (χ3n) is 5.26. The molecular weight excluding hydrogens is 386 g/mol. The number of benzene rings is 2. The molecule has 3 rings (SSSR count). The summed E-state index contributed by atoms with van der Waals surface area (Å²) in [6, 6.07) is 16.2. The summed E-state index contributed by atoms with van der Waals surface area (Å²) in [6.07, 6.45) is 3.25. The maximum Gasteiger partial charge on any atom is 0.244 e. The van der Waals surface area contributed by atoms with E-state index in [1.807, 2.05) is 71.0 Å². The van der Waals surface area contributed by atoms with Crippen LogP contribution in [0.15, 0.2) is 54.6 Å². The van der Waals surface area contributed by atoms with Gasteiger partial charge in [0.25, 0.3) is 0 Å². The van der Waals surface area contributed by atoms with Crippen LogP contribution in [-0.4, -0.2) is 22.9 Å². The SMILES string of the molecule is Cc1cc(C)c(NC(=O)CNC(=O)/C=C/c2cc(C)n(-c3ccccc3)c2C)c(C)c1. The zero-order chi connectivity index (χ0) is 22.5. The summed E-state index contributed by atoms with van der Waals surface area (Å²) in [6.45, 7) is 9.92. The molecule has 5 nitrogen and oxygen atoms in total. The minimum absolute atomic E-state index is 0.0844. The number of para-hydroxylation sites is 1. The molecule has 1 heterocycles. The summed E-state index contributed by atoms with van der Waals surface area (Å²) in [4.78, 5) is 24.5. The van der Waals surface area contributed by atoms with Gasteiger partial charge >= 0.3 is 0 Å². The van der Waals surface area contributed by atoms with Gasteiger partial charge in [-0.25, -0.2) is 0 Å². The molecule has 5 heteroatoms. The highest BCUT2D eigenvalue weighted by Crippen LogP contribution is 2.22. The van der Waals surface area contributed by atoms with Crippen LogP contribution in [0.2, 0.25) is 0 Å². The average Bonchev–Trinajstić information content (AvgIpc) is 3.01. The molecule has 1 aromatic heterocycles. The molecule has 2 aromatic carbocycles. The Morgan fingerprint density at radius 1 is 0.935 bits per heavy atom. The molecule has 0 saturated carbocycles. The quantitative estimate of drug-likeness (QED) is 0.569. The summed E-state index contributed by atoms with van der Waals surface area (Å²) < 4.78 is 2.15. The van der Waals surface area contributed by atoms with E-state index in [4.69, 9.17) is 0 Å². The fourth-order valence-corrected chi connectivity index (χ4v) is 3.88. The van der Waals surface area contributed by atoms with E-state index in [0.717, 1.165) is 45.0 Å². The fraction of sp³-hybridized carbons (Fsp3) is 0.231. The lowest BCUT2D eigenvalue weighted by Crippen LogP contribution is -2.32. The Balaban J connectivity index is 1.61. The fourth-order valence-electron chi connectivity index (χ4n) is 3.88. The largest absolute Gasteiger partial charge is 0.343 e. The molecule has 31 heavy (non-hydrogen) atoms. The first kappa shape index (κ1) is 22.1. The Bertz CT molecular complexity index is 1120. The van der Waals surface area contributed by atoms with Crippen molar-refractivity contribution in [2.24, 2.45) is 0 Å². The third-order valence-corrected chi connectivity index (χ3v) is 5.26. The molecule has 0 aliphatic carbocycles. The highest BCUT2D eigenvalue weighted by atomic mass is 16.2. The maximum atomic E-state index is 12.3. The van der Waals surface area contributed by atoms with Crippen molar-refractivity contribution in [3.63, 3.8) is 0 Å². The number of rotatable bonds is 6. The molecule has 3 aromatic rings. The minimum atomic E-state index is -0.308. The number of carbonyl (C=O) groups excluding carboxylic acids is 2. The van der Waals surface area contributed by atoms with Crippen molar-refractivity contribution in [1.29, 1.82) is 0 Å². The molecule has 0 unspecified atom stereocenters. The van der Waals surface area contributed by atoms with E-state index in [1.165, 1.54) is 6.08 Å². The Hall–Kier alpha value is -3.60. The summed E-state index contributed by atoms with van der Waals surface area (Å²) in [7, 11) is 0. The van der Waals surface area contributed by atoms with Crippen molar-refractivity contribution < 1.29 is 9.59 Å². The number of hydrogen-bond acceptors (Lipinski definition) is 2. The monoisotopic (exact) mass is 415 g/mol. The molecule has 0 spiro atoms. The third kappa shape index (κ3) is 5.31. The standard InChI is InChI=1S/C26H29N3O2/c1-17-13-18(2)26(19(3)14-17)28-25(31)16-27-24(30)12-11-22-15-20(4)29(21(22)5)23-9-7-6-8-10-23/h6-15H,16H2,1-5H3,(H,27,30)(H,28,31)/b12-11+. The van der Waals surface area contributed by atoms with Crippen LogP contribution in [-0.2, 0) is 9.59 Å². The van der Waals surface area contributed by atoms with Gasteiger partial charge < -0.3 is 15.2 Å². The highest BCUT2D eigenvalue weighted by molar-refractivity contribution is 5.98. The molecule has 0 aliphatic rings. The van der Waals surface area contributed by atoms with E-state index in [9.17, 15) is 9.59 Å². The van der Waals surface area contributed by atoms with Crippen LogP contribution in [0, 0.1) is 34.6 Å². The summed E-state index contributed by atoms with van der Waals surface area (Å²) in [5.41, 5.74) is 8.15. The van der Waals surface area contributed by atoms with E-state index in [0.29, 0.717) is 0 Å². The molecule has 0 radical (unpaired) electrons. The number of anilines is 1. The van der Waals surface area contributed by atoms with Crippen LogP contribution < -0.4 is 10.6 Å². The lowest BCUT2D eigenvalue weighted by Gasteiger charge is -2.13. The number of hydrogen-bond donors (Lipinski definition) is 2. The first-order valence-electron chi connectivity index (χ1n) is 10.3. The van der Waals surface area contributed by atoms with Gasteiger partial charge in [0, 0.05) is 28.8 Å². The lowest BCUT2D eigenvalue weighted by atomic mass is 10.1. The number of nitrogens with one attached hydrogen (secondary N) is 2. The van der Waals surface area contributed by atoms with E-state index < -0.39 is 0 Å². The van der Waals surface area contributed by atoms with Gasteiger partial charge in [-0.15, -0.1) is 0 Å². The summed E-state index contributed by atoms with van der Waals surface area (Å²) in [5, 5.41) is 5.54. The molecule has 0 bridgehead atoms. The molecule has 0 atom stereocenters. The smallest absolute Gasteiger partial charge is 0.244 e. The number of amides is 2. The van der Waals surface area contributed by atoms with E-state index >= 15 is 0 Å². The second kappa shape index (κ2) is 9.47. The topological polar surface area (TPSA) is 63.1 Å². The van der Waals surface area contributed by atoms with Crippen molar-refractivity contribution in [1.82, 2.24) is 9.88 Å². The van der Waals surface area contributed by atoms with E-state index in [-0.39, 0.29) is 18.4 Å². The van der Waals surface area contributed by atoms with Crippen LogP contribution in [0.3, 0.4) is 0 Å². The number of nitrogens with zero attached hydrogens (tertiary/aromatic N) is 1. The van der Waals surface area contributed by atoms with Gasteiger partial charge in [-0.3, -0.25) is 9.59 Å². The van der Waals surface area contributed by atoms with Crippen molar-refractivity contribution in [3.05, 3.63) is 88.2 Å². The zero-order valence-corrected chi connectivity index (χ0v) is 18.7. The Kier molecular flexibility index (Phi) is 6.75. The van der Waals surface area contributed by atoms with Gasteiger partial charge in [-0.1, -0.05) is 35.9 Å². The highest BCUT2D eigenvalue weighted by Gasteiger charge is 2.11. The van der Waals surface area contributed by atoms with Crippen LogP contribution in [0.25, 0.3) is 11.8 Å². The average molecular weight is 416 g/mol. The Labute approximate surface area is 183 Å². The summed E-state index contributed by atoms with van der Waals surface area (Å²) >= 11 is 0. The Morgan fingerprint density at radius 3 is 2.23 bits per heavy atom. The molecule has 0 fully saturated rings. The minimum Gasteiger partial charge on any atom is -0.343 e. The van der Waals surface area contributed by atoms with Gasteiger partial charge in [0.1, 0.15) is 0 Å². The molecule has 2 N–H and O–H groups in total. The first-order chi connectivity index (χ1) is 14.8. The van der Waals surface area contributed by atoms with Crippen molar-refractivity contribution in [2.75, 3.05) is 11.9 Å². The number of aryl methyl sites for hydroxylation is 4. The van der Waals surface area contributed by atoms with Crippen molar-refractivity contribution in [2.45, 2.75) is 34.6 Å². The first-order valence-corrected chi connectivity index (χ1v) is 10.3. The number of carbonyl (C=O) groups is 2. The lowest BCUT2D eigenvalue weighted by molar-refractivity contribution is -0.121. The predicted octanol–water partition coefficient (Wildman–Crippen LogP) is 4.79. The van der Waals surface area contributed by atoms with Crippen LogP contribution in [0.4, 0.5) is 5.69 Å². The normalized spacial score (nSPS) is 11.0. The van der Waals surface area contributed by atoms with Crippen molar-refractivity contribution >= 4 is 23.6 Å². The second-order valence-electron chi connectivity index (χ2n) is 7.87. The van der Waals surface area contributed by atoms with E-state index in [2.05, 4.69) is 27.3 Å². The zero-order valence-electron chi connectivity index (χ0n) is 18.7. The molecular formula is C26H29N3O2. The van der Waals surface area contributed by atoms with E-state index in [1.54, 1.807) is 6.08 Å². The predicted molar refractivity (Wildman–Crippen MR) is 127 cm³/mol. The molecule has 2 amide bonds. The van der Waals surface area contributed by atoms with Crippen LogP contribution in [0.5, 0.6) is 0 Å². The van der Waals surface area contributed by atoms with Gasteiger partial charge in [0.15, 0.2) is 0 Å². The maximum absolute atomic E-state index is 12.3. The van der Waals surface area contributed by atoms with Gasteiger partial charge in [-0.2, -0.15) is 0 Å². The second-order valence-corrected chi connectivity index (χ2v) is 7.87. The van der Waals surface area contributed by atoms with Gasteiger partial charge in [0.2, 0.25) is 11.8 Å². The number of aromatic nitrogens is 1. The van der Waals surface area contributed by atoms with Crippen LogP contribution >= 0.6 is 0 Å². The molecule has 0 aliphatic heterocycles. The molecule has 0 saturated heterocycles. The van der Waals surface area contributed by atoms with Gasteiger partial charge in [-0.05, 0) is 75.6 Å².